The molecule has 8 heteroatoms. The van der Waals surface area contributed by atoms with Gasteiger partial charge in [0.05, 0.1) is 11.3 Å². The first-order valence-corrected chi connectivity index (χ1v) is 11.4. The standard InChI is InChI=1S/C28H23N5O3/c34-26(23-11-6-16-33(28(23)36)32-20-8-2-1-3-9-20)30-15-4-7-19-12-13-22-24(18-21-10-5-14-29-21)27(35)31-25(22)17-19/h1-14,16-18,29,32H,15H2,(H,30,34)(H,31,35)/b7-4+,24-18-. The van der Waals surface area contributed by atoms with Gasteiger partial charge in [-0.1, -0.05) is 42.5 Å². The molecule has 8 nitrogen and oxygen atoms in total. The van der Waals surface area contributed by atoms with E-state index in [-0.39, 0.29) is 18.0 Å². The molecule has 0 fully saturated rings. The number of benzene rings is 2. The van der Waals surface area contributed by atoms with Crippen LogP contribution in [-0.2, 0) is 4.79 Å². The number of amides is 2. The summed E-state index contributed by atoms with van der Waals surface area (Å²) >= 11 is 0. The van der Waals surface area contributed by atoms with Crippen LogP contribution in [0.1, 0.15) is 27.2 Å². The van der Waals surface area contributed by atoms with E-state index in [9.17, 15) is 14.4 Å². The van der Waals surface area contributed by atoms with Crippen LogP contribution < -0.4 is 21.6 Å². The molecule has 0 radical (unpaired) electrons. The van der Waals surface area contributed by atoms with E-state index >= 15 is 0 Å². The Morgan fingerprint density at radius 1 is 0.972 bits per heavy atom. The van der Waals surface area contributed by atoms with Crippen molar-refractivity contribution in [2.45, 2.75) is 0 Å². The van der Waals surface area contributed by atoms with Gasteiger partial charge in [-0.25, -0.2) is 4.68 Å². The van der Waals surface area contributed by atoms with Crippen LogP contribution in [0.4, 0.5) is 11.4 Å². The number of nitrogens with zero attached hydrogens (tertiary/aromatic N) is 1. The van der Waals surface area contributed by atoms with E-state index in [0.717, 1.165) is 28.2 Å². The van der Waals surface area contributed by atoms with Gasteiger partial charge in [0, 0.05) is 35.9 Å². The second kappa shape index (κ2) is 10.0. The molecule has 0 aliphatic carbocycles. The lowest BCUT2D eigenvalue weighted by molar-refractivity contribution is -0.110. The summed E-state index contributed by atoms with van der Waals surface area (Å²) in [6.07, 6.45) is 8.83. The predicted octanol–water partition coefficient (Wildman–Crippen LogP) is 3.99. The summed E-state index contributed by atoms with van der Waals surface area (Å²) in [5, 5.41) is 5.63. The molecule has 4 aromatic rings. The fourth-order valence-corrected chi connectivity index (χ4v) is 3.90. The number of pyridine rings is 1. The maximum Gasteiger partial charge on any atom is 0.281 e. The molecule has 0 saturated carbocycles. The maximum absolute atomic E-state index is 12.7. The van der Waals surface area contributed by atoms with Crippen molar-refractivity contribution in [1.29, 1.82) is 0 Å². The highest BCUT2D eigenvalue weighted by molar-refractivity contribution is 6.34. The zero-order chi connectivity index (χ0) is 24.9. The lowest BCUT2D eigenvalue weighted by Gasteiger charge is -2.10. The van der Waals surface area contributed by atoms with Crippen LogP contribution >= 0.6 is 0 Å². The molecule has 0 spiro atoms. The molecule has 0 saturated heterocycles. The smallest absolute Gasteiger partial charge is 0.281 e. The van der Waals surface area contributed by atoms with Gasteiger partial charge in [-0.15, -0.1) is 0 Å². The highest BCUT2D eigenvalue weighted by Gasteiger charge is 2.24. The molecule has 2 amide bonds. The van der Waals surface area contributed by atoms with E-state index in [1.807, 2.05) is 79.0 Å². The monoisotopic (exact) mass is 477 g/mol. The average molecular weight is 478 g/mol. The highest BCUT2D eigenvalue weighted by Crippen LogP contribution is 2.33. The number of H-pyrrole nitrogens is 1. The van der Waals surface area contributed by atoms with Crippen molar-refractivity contribution in [3.63, 3.8) is 0 Å². The molecule has 0 unspecified atom stereocenters. The summed E-state index contributed by atoms with van der Waals surface area (Å²) in [5.41, 5.74) is 7.20. The topological polar surface area (TPSA) is 108 Å². The number of rotatable bonds is 7. The predicted molar refractivity (Wildman–Crippen MR) is 141 cm³/mol. The molecule has 4 N–H and O–H groups in total. The molecule has 1 aliphatic rings. The molecule has 0 atom stereocenters. The van der Waals surface area contributed by atoms with E-state index in [1.54, 1.807) is 18.3 Å². The number of hydrogen-bond acceptors (Lipinski definition) is 4. The number of hydrogen-bond donors (Lipinski definition) is 4. The van der Waals surface area contributed by atoms with Crippen molar-refractivity contribution in [2.24, 2.45) is 0 Å². The lowest BCUT2D eigenvalue weighted by atomic mass is 10.0. The van der Waals surface area contributed by atoms with Crippen molar-refractivity contribution >= 4 is 40.9 Å². The molecule has 2 aromatic carbocycles. The molecule has 5 rings (SSSR count). The Hall–Kier alpha value is -5.11. The summed E-state index contributed by atoms with van der Waals surface area (Å²) in [7, 11) is 0. The van der Waals surface area contributed by atoms with Crippen LogP contribution in [0.5, 0.6) is 0 Å². The van der Waals surface area contributed by atoms with Crippen molar-refractivity contribution in [2.75, 3.05) is 17.3 Å². The summed E-state index contributed by atoms with van der Waals surface area (Å²) in [6.45, 7) is 0.237. The maximum atomic E-state index is 12.7. The van der Waals surface area contributed by atoms with Crippen LogP contribution in [0.2, 0.25) is 0 Å². The summed E-state index contributed by atoms with van der Waals surface area (Å²) in [5.74, 6) is -0.613. The Kier molecular flexibility index (Phi) is 6.31. The van der Waals surface area contributed by atoms with E-state index in [4.69, 9.17) is 0 Å². The van der Waals surface area contributed by atoms with E-state index in [0.29, 0.717) is 5.57 Å². The minimum absolute atomic E-state index is 0.0379. The number of nitrogens with one attached hydrogen (secondary N) is 4. The first kappa shape index (κ1) is 22.7. The Bertz CT molecular complexity index is 1530. The quantitative estimate of drug-likeness (QED) is 0.302. The zero-order valence-electron chi connectivity index (χ0n) is 19.2. The third-order valence-corrected chi connectivity index (χ3v) is 5.65. The van der Waals surface area contributed by atoms with Gasteiger partial charge >= 0.3 is 0 Å². The first-order valence-electron chi connectivity index (χ1n) is 11.4. The second-order valence-electron chi connectivity index (χ2n) is 8.13. The number of aromatic nitrogens is 2. The molecule has 2 aromatic heterocycles. The van der Waals surface area contributed by atoms with Gasteiger partial charge in [-0.05, 0) is 54.1 Å². The largest absolute Gasteiger partial charge is 0.362 e. The minimum Gasteiger partial charge on any atom is -0.362 e. The Morgan fingerprint density at radius 3 is 2.64 bits per heavy atom. The molecule has 0 bridgehead atoms. The van der Waals surface area contributed by atoms with Crippen molar-refractivity contribution in [3.05, 3.63) is 124 Å². The van der Waals surface area contributed by atoms with E-state index in [2.05, 4.69) is 21.0 Å². The van der Waals surface area contributed by atoms with Gasteiger partial charge in [0.15, 0.2) is 0 Å². The van der Waals surface area contributed by atoms with E-state index in [1.165, 1.54) is 10.7 Å². The van der Waals surface area contributed by atoms with Gasteiger partial charge in [0.2, 0.25) is 0 Å². The number of carbonyl (C=O) groups is 2. The van der Waals surface area contributed by atoms with Gasteiger partial charge in [-0.3, -0.25) is 19.8 Å². The van der Waals surface area contributed by atoms with Crippen LogP contribution in [0.3, 0.4) is 0 Å². The number of anilines is 2. The van der Waals surface area contributed by atoms with Crippen LogP contribution in [-0.4, -0.2) is 28.0 Å². The van der Waals surface area contributed by atoms with Gasteiger partial charge in [0.1, 0.15) is 5.56 Å². The van der Waals surface area contributed by atoms with Gasteiger partial charge in [0.25, 0.3) is 17.4 Å². The van der Waals surface area contributed by atoms with Gasteiger partial charge in [-0.2, -0.15) is 0 Å². The number of carbonyl (C=O) groups excluding carboxylic acids is 2. The van der Waals surface area contributed by atoms with Crippen LogP contribution in [0.25, 0.3) is 17.7 Å². The SMILES string of the molecule is O=C1Nc2cc(/C=C/CNC(=O)c3cccn(Nc4ccccc4)c3=O)ccc2/C1=C/c1ccc[nH]1. The second-order valence-corrected chi connectivity index (χ2v) is 8.13. The normalized spacial score (nSPS) is 13.6. The molecule has 1 aliphatic heterocycles. The molecule has 36 heavy (non-hydrogen) atoms. The molecular formula is C28H23N5O3. The number of aromatic amines is 1. The van der Waals surface area contributed by atoms with E-state index < -0.39 is 11.5 Å². The minimum atomic E-state index is -0.464. The third-order valence-electron chi connectivity index (χ3n) is 5.65. The number of fused-ring (bicyclic) bond motifs is 1. The van der Waals surface area contributed by atoms with Crippen LogP contribution in [0, 0.1) is 0 Å². The average Bonchev–Trinajstić information content (AvgIpc) is 3.51. The van der Waals surface area contributed by atoms with Gasteiger partial charge < -0.3 is 15.6 Å². The summed E-state index contributed by atoms with van der Waals surface area (Å²) < 4.78 is 1.28. The zero-order valence-corrected chi connectivity index (χ0v) is 19.2. The molecule has 3 heterocycles. The van der Waals surface area contributed by atoms with Crippen molar-refractivity contribution in [3.8, 4) is 0 Å². The Balaban J connectivity index is 1.22. The first-order chi connectivity index (χ1) is 17.6. The van der Waals surface area contributed by atoms with Crippen molar-refractivity contribution in [1.82, 2.24) is 15.0 Å². The van der Waals surface area contributed by atoms with Crippen LogP contribution in [0.15, 0.2) is 96.1 Å². The third kappa shape index (κ3) is 4.88. The molecular weight excluding hydrogens is 454 g/mol. The Morgan fingerprint density at radius 2 is 1.83 bits per heavy atom. The fourth-order valence-electron chi connectivity index (χ4n) is 3.90. The molecule has 178 valence electrons. The Labute approximate surface area is 207 Å². The lowest BCUT2D eigenvalue weighted by Crippen LogP contribution is -2.35. The fraction of sp³-hybridized carbons (Fsp3) is 0.0357. The highest BCUT2D eigenvalue weighted by atomic mass is 16.2. The number of para-hydroxylation sites is 1. The van der Waals surface area contributed by atoms with Crippen molar-refractivity contribution < 1.29 is 9.59 Å². The summed E-state index contributed by atoms with van der Waals surface area (Å²) in [4.78, 5) is 40.8. The summed E-state index contributed by atoms with van der Waals surface area (Å²) in [6, 6.07) is 21.8.